The van der Waals surface area contributed by atoms with Crippen LogP contribution in [0, 0.1) is 0 Å². The highest BCUT2D eigenvalue weighted by molar-refractivity contribution is 6.08. The maximum absolute atomic E-state index is 11.9. The van der Waals surface area contributed by atoms with Gasteiger partial charge in [-0.15, -0.1) is 0 Å². The molecule has 0 bridgehead atoms. The Morgan fingerprint density at radius 1 is 1.17 bits per heavy atom. The average molecular weight is 253 g/mol. The number of fused-ring (bicyclic) bond motifs is 1. The number of nitrogens with two attached hydrogens (primary N) is 1. The van der Waals surface area contributed by atoms with Crippen molar-refractivity contribution in [2.75, 3.05) is 21.3 Å². The van der Waals surface area contributed by atoms with Gasteiger partial charge < -0.3 is 25.1 Å². The third kappa shape index (κ3) is 1.53. The number of carbonyl (C=O) groups excluding carboxylic acids is 1. The van der Waals surface area contributed by atoms with Crippen molar-refractivity contribution >= 4 is 5.78 Å². The van der Waals surface area contributed by atoms with Crippen molar-refractivity contribution in [3.05, 3.63) is 17.2 Å². The molecule has 0 spiro atoms. The van der Waals surface area contributed by atoms with Crippen molar-refractivity contribution in [2.45, 2.75) is 12.1 Å². The van der Waals surface area contributed by atoms with Gasteiger partial charge in [0.2, 0.25) is 5.75 Å². The molecular weight excluding hydrogens is 238 g/mol. The third-order valence-corrected chi connectivity index (χ3v) is 3.07. The van der Waals surface area contributed by atoms with Crippen LogP contribution in [0.5, 0.6) is 17.2 Å². The largest absolute Gasteiger partial charge is 0.493 e. The van der Waals surface area contributed by atoms with Crippen LogP contribution in [0.15, 0.2) is 6.07 Å². The monoisotopic (exact) mass is 253 g/mol. The van der Waals surface area contributed by atoms with Crippen LogP contribution >= 0.6 is 0 Å². The molecule has 98 valence electrons. The highest BCUT2D eigenvalue weighted by Crippen LogP contribution is 2.47. The molecule has 0 heterocycles. The van der Waals surface area contributed by atoms with Crippen LogP contribution in [-0.4, -0.2) is 38.3 Å². The zero-order valence-corrected chi connectivity index (χ0v) is 10.4. The fourth-order valence-corrected chi connectivity index (χ4v) is 2.17. The van der Waals surface area contributed by atoms with E-state index in [1.165, 1.54) is 21.3 Å². The summed E-state index contributed by atoms with van der Waals surface area (Å²) in [4.78, 5) is 11.9. The van der Waals surface area contributed by atoms with Gasteiger partial charge in [0.15, 0.2) is 17.3 Å². The van der Waals surface area contributed by atoms with Gasteiger partial charge in [0.05, 0.1) is 32.9 Å². The van der Waals surface area contributed by atoms with E-state index >= 15 is 0 Å². The Bertz CT molecular complexity index is 500. The van der Waals surface area contributed by atoms with E-state index in [0.717, 1.165) is 0 Å². The Labute approximate surface area is 104 Å². The summed E-state index contributed by atoms with van der Waals surface area (Å²) in [5.74, 6) is 0.498. The fourth-order valence-electron chi connectivity index (χ4n) is 2.17. The molecular formula is C12H15NO5. The molecule has 2 unspecified atom stereocenters. The van der Waals surface area contributed by atoms with Crippen molar-refractivity contribution in [1.29, 1.82) is 0 Å². The van der Waals surface area contributed by atoms with E-state index in [1.807, 2.05) is 0 Å². The van der Waals surface area contributed by atoms with Crippen LogP contribution in [0.2, 0.25) is 0 Å². The predicted octanol–water partition coefficient (Wildman–Crippen LogP) is 0.269. The van der Waals surface area contributed by atoms with Gasteiger partial charge in [-0.05, 0) is 11.6 Å². The van der Waals surface area contributed by atoms with Crippen molar-refractivity contribution in [2.24, 2.45) is 5.73 Å². The smallest absolute Gasteiger partial charge is 0.204 e. The molecule has 6 nitrogen and oxygen atoms in total. The van der Waals surface area contributed by atoms with Crippen LogP contribution in [-0.2, 0) is 0 Å². The molecule has 1 aromatic carbocycles. The molecule has 0 fully saturated rings. The lowest BCUT2D eigenvalue weighted by molar-refractivity contribution is 0.0734. The second kappa shape index (κ2) is 4.47. The first-order valence-electron chi connectivity index (χ1n) is 5.37. The summed E-state index contributed by atoms with van der Waals surface area (Å²) >= 11 is 0. The molecule has 0 saturated carbocycles. The number of aliphatic hydroxyl groups is 1. The van der Waals surface area contributed by atoms with Gasteiger partial charge in [0.25, 0.3) is 0 Å². The first-order valence-corrected chi connectivity index (χ1v) is 5.37. The number of Topliss-reactive ketones (excluding diaryl/α,β-unsaturated/α-hetero) is 1. The Morgan fingerprint density at radius 2 is 1.78 bits per heavy atom. The molecule has 1 aromatic rings. The van der Waals surface area contributed by atoms with Gasteiger partial charge in [0.1, 0.15) is 6.10 Å². The van der Waals surface area contributed by atoms with E-state index < -0.39 is 17.9 Å². The number of ketones is 1. The van der Waals surface area contributed by atoms with E-state index in [1.54, 1.807) is 6.07 Å². The molecule has 1 aliphatic rings. The van der Waals surface area contributed by atoms with Crippen LogP contribution in [0.25, 0.3) is 0 Å². The molecule has 1 aliphatic carbocycles. The quantitative estimate of drug-likeness (QED) is 0.803. The average Bonchev–Trinajstić information content (AvgIpc) is 2.61. The summed E-state index contributed by atoms with van der Waals surface area (Å²) in [5, 5.41) is 9.72. The fraction of sp³-hybridized carbons (Fsp3) is 0.417. The van der Waals surface area contributed by atoms with Crippen LogP contribution in [0.1, 0.15) is 22.0 Å². The maximum Gasteiger partial charge on any atom is 0.204 e. The van der Waals surface area contributed by atoms with E-state index in [0.29, 0.717) is 17.1 Å². The van der Waals surface area contributed by atoms with Gasteiger partial charge >= 0.3 is 0 Å². The maximum atomic E-state index is 11.9. The second-order valence-electron chi connectivity index (χ2n) is 3.94. The highest BCUT2D eigenvalue weighted by Gasteiger charge is 2.41. The molecule has 0 saturated heterocycles. The number of ether oxygens (including phenoxy) is 3. The molecule has 0 amide bonds. The molecule has 18 heavy (non-hydrogen) atoms. The third-order valence-electron chi connectivity index (χ3n) is 3.07. The molecule has 0 radical (unpaired) electrons. The molecule has 6 heteroatoms. The number of rotatable bonds is 3. The van der Waals surface area contributed by atoms with Crippen LogP contribution < -0.4 is 19.9 Å². The molecule has 3 N–H and O–H groups in total. The number of aliphatic hydroxyl groups excluding tert-OH is 1. The predicted molar refractivity (Wildman–Crippen MR) is 63.4 cm³/mol. The lowest BCUT2D eigenvalue weighted by Crippen LogP contribution is -2.25. The first kappa shape index (κ1) is 12.7. The lowest BCUT2D eigenvalue weighted by atomic mass is 10.1. The normalized spacial score (nSPS) is 21.7. The number of hydrogen-bond donors (Lipinski definition) is 2. The number of methoxy groups -OCH3 is 3. The van der Waals surface area contributed by atoms with Gasteiger partial charge in [-0.25, -0.2) is 0 Å². The Hall–Kier alpha value is -1.79. The second-order valence-corrected chi connectivity index (χ2v) is 3.94. The number of carbonyl (C=O) groups is 1. The first-order chi connectivity index (χ1) is 8.56. The summed E-state index contributed by atoms with van der Waals surface area (Å²) in [7, 11) is 4.34. The standard InChI is InChI=1S/C12H15NO5/c1-16-6-4-5-7(9(14)10(15)8(5)13)12(18-3)11(6)17-2/h4,8,10,15H,13H2,1-3H3. The topological polar surface area (TPSA) is 91.0 Å². The highest BCUT2D eigenvalue weighted by atomic mass is 16.5. The van der Waals surface area contributed by atoms with Crippen molar-refractivity contribution in [3.8, 4) is 17.2 Å². The number of benzene rings is 1. The van der Waals surface area contributed by atoms with Crippen molar-refractivity contribution in [3.63, 3.8) is 0 Å². The van der Waals surface area contributed by atoms with E-state index in [4.69, 9.17) is 19.9 Å². The number of hydrogen-bond acceptors (Lipinski definition) is 6. The van der Waals surface area contributed by atoms with Gasteiger partial charge in [-0.3, -0.25) is 4.79 Å². The lowest BCUT2D eigenvalue weighted by Gasteiger charge is -2.15. The van der Waals surface area contributed by atoms with E-state index in [-0.39, 0.29) is 11.3 Å². The minimum absolute atomic E-state index is 0.240. The van der Waals surface area contributed by atoms with Gasteiger partial charge in [0, 0.05) is 0 Å². The summed E-state index contributed by atoms with van der Waals surface area (Å²) in [5.41, 5.74) is 6.56. The van der Waals surface area contributed by atoms with Gasteiger partial charge in [-0.1, -0.05) is 0 Å². The molecule has 0 aliphatic heterocycles. The van der Waals surface area contributed by atoms with E-state index in [2.05, 4.69) is 0 Å². The molecule has 2 atom stereocenters. The van der Waals surface area contributed by atoms with Crippen LogP contribution in [0.3, 0.4) is 0 Å². The van der Waals surface area contributed by atoms with E-state index in [9.17, 15) is 9.90 Å². The summed E-state index contributed by atoms with van der Waals surface area (Å²) in [6.07, 6.45) is -1.26. The molecule has 0 aromatic heterocycles. The Balaban J connectivity index is 2.75. The zero-order chi connectivity index (χ0) is 13.4. The zero-order valence-electron chi connectivity index (χ0n) is 10.4. The van der Waals surface area contributed by atoms with Crippen molar-refractivity contribution in [1.82, 2.24) is 0 Å². The minimum atomic E-state index is -1.26. The van der Waals surface area contributed by atoms with Crippen molar-refractivity contribution < 1.29 is 24.1 Å². The van der Waals surface area contributed by atoms with Gasteiger partial charge in [-0.2, -0.15) is 0 Å². The Morgan fingerprint density at radius 3 is 2.28 bits per heavy atom. The Kier molecular flexibility index (Phi) is 3.14. The summed E-state index contributed by atoms with van der Waals surface area (Å²) in [6, 6.07) is 0.816. The summed E-state index contributed by atoms with van der Waals surface area (Å²) < 4.78 is 15.5. The summed E-state index contributed by atoms with van der Waals surface area (Å²) in [6.45, 7) is 0. The minimum Gasteiger partial charge on any atom is -0.493 e. The SMILES string of the molecule is COc1cc2c(c(OC)c1OC)C(=O)C(O)C2N. The molecule has 2 rings (SSSR count). The van der Waals surface area contributed by atoms with Crippen LogP contribution in [0.4, 0.5) is 0 Å².